The molecule has 0 aliphatic carbocycles. The van der Waals surface area contributed by atoms with E-state index in [9.17, 15) is 14.4 Å². The Morgan fingerprint density at radius 3 is 0.896 bits per heavy atom. The van der Waals surface area contributed by atoms with Gasteiger partial charge in [0.1, 0.15) is 13.2 Å². The summed E-state index contributed by atoms with van der Waals surface area (Å²) in [5.41, 5.74) is 0. The van der Waals surface area contributed by atoms with Gasteiger partial charge in [-0.05, 0) is 96.3 Å². The molecule has 6 nitrogen and oxygen atoms in total. The molecule has 0 radical (unpaired) electrons. The van der Waals surface area contributed by atoms with Gasteiger partial charge >= 0.3 is 17.9 Å². The number of hydrogen-bond acceptors (Lipinski definition) is 6. The molecule has 0 bridgehead atoms. The normalized spacial score (nSPS) is 12.3. The fraction of sp³-hybridized carbons (Fsp3) is 0.820. The molecular formula is C61H110O6. The number of unbranched alkanes of at least 4 members (excludes halogenated alkanes) is 34. The van der Waals surface area contributed by atoms with Crippen LogP contribution in [0.5, 0.6) is 0 Å². The highest BCUT2D eigenvalue weighted by Gasteiger charge is 2.19. The monoisotopic (exact) mass is 939 g/mol. The molecule has 0 heterocycles. The second-order valence-electron chi connectivity index (χ2n) is 19.5. The minimum atomic E-state index is -0.779. The van der Waals surface area contributed by atoms with Crippen molar-refractivity contribution in [3.8, 4) is 0 Å². The van der Waals surface area contributed by atoms with Crippen molar-refractivity contribution in [2.75, 3.05) is 13.2 Å². The molecule has 1 unspecified atom stereocenters. The van der Waals surface area contributed by atoms with Crippen LogP contribution in [0.15, 0.2) is 48.6 Å². The Morgan fingerprint density at radius 2 is 0.567 bits per heavy atom. The van der Waals surface area contributed by atoms with Crippen LogP contribution in [0.1, 0.15) is 303 Å². The zero-order chi connectivity index (χ0) is 48.6. The van der Waals surface area contributed by atoms with Crippen molar-refractivity contribution < 1.29 is 28.6 Å². The van der Waals surface area contributed by atoms with E-state index in [1.165, 1.54) is 173 Å². The fourth-order valence-corrected chi connectivity index (χ4v) is 8.35. The first-order valence-electron chi connectivity index (χ1n) is 29.1. The predicted molar refractivity (Wildman–Crippen MR) is 289 cm³/mol. The predicted octanol–water partition coefficient (Wildman–Crippen LogP) is 19.4. The van der Waals surface area contributed by atoms with Crippen LogP contribution in [0.25, 0.3) is 0 Å². The van der Waals surface area contributed by atoms with Gasteiger partial charge in [0.25, 0.3) is 0 Å². The molecule has 6 heteroatoms. The Balaban J connectivity index is 4.20. The van der Waals surface area contributed by atoms with E-state index >= 15 is 0 Å². The minimum absolute atomic E-state index is 0.0778. The Bertz CT molecular complexity index is 1170. The van der Waals surface area contributed by atoms with Crippen LogP contribution in [0.2, 0.25) is 0 Å². The van der Waals surface area contributed by atoms with Crippen LogP contribution in [0.4, 0.5) is 0 Å². The van der Waals surface area contributed by atoms with Crippen molar-refractivity contribution in [1.29, 1.82) is 0 Å². The number of carbonyl (C=O) groups is 3. The van der Waals surface area contributed by atoms with E-state index in [4.69, 9.17) is 14.2 Å². The lowest BCUT2D eigenvalue weighted by Gasteiger charge is -2.18. The third-order valence-electron chi connectivity index (χ3n) is 12.8. The van der Waals surface area contributed by atoms with E-state index < -0.39 is 6.10 Å². The lowest BCUT2D eigenvalue weighted by molar-refractivity contribution is -0.167. The molecule has 0 aromatic rings. The van der Waals surface area contributed by atoms with Gasteiger partial charge in [-0.2, -0.15) is 0 Å². The molecule has 0 aliphatic heterocycles. The lowest BCUT2D eigenvalue weighted by Crippen LogP contribution is -2.30. The molecule has 390 valence electrons. The Kier molecular flexibility index (Phi) is 53.8. The maximum absolute atomic E-state index is 12.8. The minimum Gasteiger partial charge on any atom is -0.462 e. The van der Waals surface area contributed by atoms with Gasteiger partial charge in [0.15, 0.2) is 6.10 Å². The van der Waals surface area contributed by atoms with Crippen LogP contribution >= 0.6 is 0 Å². The van der Waals surface area contributed by atoms with Crippen LogP contribution in [-0.2, 0) is 28.6 Å². The lowest BCUT2D eigenvalue weighted by atomic mass is 10.0. The summed E-state index contributed by atoms with van der Waals surface area (Å²) in [5, 5.41) is 0. The number of allylic oxidation sites excluding steroid dienone is 8. The van der Waals surface area contributed by atoms with E-state index in [0.29, 0.717) is 19.3 Å². The first kappa shape index (κ1) is 64.4. The summed E-state index contributed by atoms with van der Waals surface area (Å²) in [5.74, 6) is -0.887. The van der Waals surface area contributed by atoms with E-state index in [2.05, 4.69) is 69.4 Å². The third-order valence-corrected chi connectivity index (χ3v) is 12.8. The van der Waals surface area contributed by atoms with Gasteiger partial charge in [-0.1, -0.05) is 236 Å². The maximum atomic E-state index is 12.8. The molecule has 0 aromatic heterocycles. The molecule has 0 saturated carbocycles. The number of carbonyl (C=O) groups excluding carboxylic acids is 3. The van der Waals surface area contributed by atoms with E-state index in [0.717, 1.165) is 89.9 Å². The van der Waals surface area contributed by atoms with Gasteiger partial charge in [0, 0.05) is 19.3 Å². The average molecular weight is 940 g/mol. The van der Waals surface area contributed by atoms with Gasteiger partial charge in [-0.25, -0.2) is 0 Å². The summed E-state index contributed by atoms with van der Waals surface area (Å²) in [6, 6.07) is 0. The standard InChI is InChI=1S/C61H110O6/c1-4-7-10-13-16-19-22-24-26-27-28-29-30-31-32-33-34-35-36-38-39-42-45-48-51-54-60(63)66-57-58(56-65-59(62)53-50-47-44-41-21-18-15-12-9-6-3)67-61(64)55-52-49-46-43-40-37-25-23-20-17-14-11-8-5-2/h12,15,22-25,27-28,58H,4-11,13-14,16-21,26,29-57H2,1-3H3/b15-12-,24-22-,25-23-,28-27-. The topological polar surface area (TPSA) is 78.9 Å². The molecule has 67 heavy (non-hydrogen) atoms. The maximum Gasteiger partial charge on any atom is 0.306 e. The van der Waals surface area contributed by atoms with Crippen LogP contribution in [-0.4, -0.2) is 37.2 Å². The van der Waals surface area contributed by atoms with Crippen LogP contribution in [0, 0.1) is 0 Å². The smallest absolute Gasteiger partial charge is 0.306 e. The molecule has 0 amide bonds. The zero-order valence-electron chi connectivity index (χ0n) is 44.7. The fourth-order valence-electron chi connectivity index (χ4n) is 8.35. The van der Waals surface area contributed by atoms with Crippen LogP contribution < -0.4 is 0 Å². The van der Waals surface area contributed by atoms with Crippen molar-refractivity contribution in [3.63, 3.8) is 0 Å². The number of rotatable bonds is 53. The number of hydrogen-bond donors (Lipinski definition) is 0. The summed E-state index contributed by atoms with van der Waals surface area (Å²) >= 11 is 0. The summed E-state index contributed by atoms with van der Waals surface area (Å²) in [4.78, 5) is 38.0. The second-order valence-corrected chi connectivity index (χ2v) is 19.5. The van der Waals surface area contributed by atoms with Gasteiger partial charge in [0.2, 0.25) is 0 Å². The summed E-state index contributed by atoms with van der Waals surface area (Å²) in [7, 11) is 0. The largest absolute Gasteiger partial charge is 0.462 e. The average Bonchev–Trinajstić information content (AvgIpc) is 3.33. The number of ether oxygens (including phenoxy) is 3. The molecule has 0 aliphatic rings. The molecule has 1 atom stereocenters. The van der Waals surface area contributed by atoms with Crippen molar-refractivity contribution in [2.45, 2.75) is 309 Å². The van der Waals surface area contributed by atoms with Crippen molar-refractivity contribution in [2.24, 2.45) is 0 Å². The highest BCUT2D eigenvalue weighted by atomic mass is 16.6. The first-order chi connectivity index (χ1) is 33.0. The Hall–Kier alpha value is -2.63. The van der Waals surface area contributed by atoms with E-state index in [1.807, 2.05) is 0 Å². The molecule has 0 rings (SSSR count). The SMILES string of the molecule is CCC/C=C\CCCCCCCC(=O)OCC(COC(=O)CCCCCCCCCCCCCCC/C=C\C/C=C\CCCCCCC)OC(=O)CCCCCCC/C=C\CCCCCCC. The zero-order valence-corrected chi connectivity index (χ0v) is 44.7. The van der Waals surface area contributed by atoms with E-state index in [-0.39, 0.29) is 31.1 Å². The summed E-state index contributed by atoms with van der Waals surface area (Å²) in [6.45, 7) is 6.57. The van der Waals surface area contributed by atoms with Gasteiger partial charge in [-0.15, -0.1) is 0 Å². The molecule has 0 aromatic carbocycles. The molecule has 0 N–H and O–H groups in total. The Morgan fingerprint density at radius 1 is 0.299 bits per heavy atom. The van der Waals surface area contributed by atoms with Crippen molar-refractivity contribution in [1.82, 2.24) is 0 Å². The van der Waals surface area contributed by atoms with Crippen molar-refractivity contribution >= 4 is 17.9 Å². The Labute approximate surface area is 416 Å². The highest BCUT2D eigenvalue weighted by Crippen LogP contribution is 2.16. The molecule has 0 fully saturated rings. The highest BCUT2D eigenvalue weighted by molar-refractivity contribution is 5.71. The van der Waals surface area contributed by atoms with Gasteiger partial charge in [-0.3, -0.25) is 14.4 Å². The van der Waals surface area contributed by atoms with Crippen molar-refractivity contribution in [3.05, 3.63) is 48.6 Å². The summed E-state index contributed by atoms with van der Waals surface area (Å²) in [6.07, 6.45) is 68.3. The van der Waals surface area contributed by atoms with Gasteiger partial charge in [0.05, 0.1) is 0 Å². The third kappa shape index (κ3) is 54.2. The molecular weight excluding hydrogens is 829 g/mol. The quantitative estimate of drug-likeness (QED) is 0.0262. The first-order valence-corrected chi connectivity index (χ1v) is 29.1. The van der Waals surface area contributed by atoms with E-state index in [1.54, 1.807) is 0 Å². The molecule has 0 saturated heterocycles. The van der Waals surface area contributed by atoms with Gasteiger partial charge < -0.3 is 14.2 Å². The van der Waals surface area contributed by atoms with Crippen LogP contribution in [0.3, 0.4) is 0 Å². The molecule has 0 spiro atoms. The summed E-state index contributed by atoms with van der Waals surface area (Å²) < 4.78 is 16.8. The number of esters is 3. The second kappa shape index (κ2) is 56.0.